The summed E-state index contributed by atoms with van der Waals surface area (Å²) >= 11 is 0. The van der Waals surface area contributed by atoms with Gasteiger partial charge in [0.25, 0.3) is 0 Å². The molecule has 1 saturated heterocycles. The third-order valence-electron chi connectivity index (χ3n) is 4.78. The summed E-state index contributed by atoms with van der Waals surface area (Å²) in [7, 11) is -1.79. The Hall–Kier alpha value is -1.93. The van der Waals surface area contributed by atoms with Gasteiger partial charge in [-0.15, -0.1) is 0 Å². The summed E-state index contributed by atoms with van der Waals surface area (Å²) < 4.78 is 37.7. The van der Waals surface area contributed by atoms with Crippen LogP contribution in [0.3, 0.4) is 0 Å². The lowest BCUT2D eigenvalue weighted by Crippen LogP contribution is -2.18. The molecule has 1 saturated carbocycles. The summed E-state index contributed by atoms with van der Waals surface area (Å²) in [5.41, 5.74) is 2.46. The Morgan fingerprint density at radius 3 is 2.60 bits per heavy atom. The molecule has 1 aromatic heterocycles. The average Bonchev–Trinajstić information content (AvgIpc) is 3.47. The lowest BCUT2D eigenvalue weighted by atomic mass is 9.90. The van der Waals surface area contributed by atoms with Crippen molar-refractivity contribution >= 4 is 26.9 Å². The van der Waals surface area contributed by atoms with Crippen molar-refractivity contribution in [1.82, 2.24) is 9.97 Å². The Morgan fingerprint density at radius 1 is 1.16 bits per heavy atom. The van der Waals surface area contributed by atoms with Crippen molar-refractivity contribution in [2.24, 2.45) is 0 Å². The van der Waals surface area contributed by atoms with Crippen LogP contribution in [0, 0.1) is 0 Å². The second kappa shape index (κ2) is 6.42. The monoisotopic (exact) mass is 363 g/mol. The van der Waals surface area contributed by atoms with Crippen LogP contribution in [0.25, 0.3) is 11.0 Å². The molecule has 2 aliphatic rings. The number of hydrogen-bond donors (Lipinski definition) is 1. The average molecular weight is 363 g/mol. The zero-order chi connectivity index (χ0) is 17.4. The van der Waals surface area contributed by atoms with Gasteiger partial charge in [0.15, 0.2) is 5.82 Å². The standard InChI is InChI=1S/C17H21N3O4S/c1-23-14-5-4-13(11-6-8-24-9-7-11)16-17(14)19-15(10-18-16)20-25(21,22)12-2-3-12/h4-5,10-12H,2-3,6-9H2,1H3,(H,19,20). The number of aromatic nitrogens is 2. The molecular formula is C17H21N3O4S. The van der Waals surface area contributed by atoms with E-state index < -0.39 is 10.0 Å². The van der Waals surface area contributed by atoms with Gasteiger partial charge >= 0.3 is 0 Å². The lowest BCUT2D eigenvalue weighted by Gasteiger charge is -2.23. The van der Waals surface area contributed by atoms with E-state index in [4.69, 9.17) is 9.47 Å². The van der Waals surface area contributed by atoms with Gasteiger partial charge in [0, 0.05) is 13.2 Å². The first-order valence-corrected chi connectivity index (χ1v) is 10.1. The first-order valence-electron chi connectivity index (χ1n) is 8.51. The van der Waals surface area contributed by atoms with Crippen molar-refractivity contribution in [3.05, 3.63) is 23.9 Å². The molecule has 2 fully saturated rings. The molecule has 25 heavy (non-hydrogen) atoms. The van der Waals surface area contributed by atoms with Gasteiger partial charge in [0.05, 0.1) is 24.1 Å². The summed E-state index contributed by atoms with van der Waals surface area (Å²) in [5, 5.41) is -0.305. The molecule has 0 unspecified atom stereocenters. The van der Waals surface area contributed by atoms with E-state index in [2.05, 4.69) is 14.7 Å². The molecule has 2 heterocycles. The van der Waals surface area contributed by atoms with E-state index >= 15 is 0 Å². The molecular weight excluding hydrogens is 342 g/mol. The topological polar surface area (TPSA) is 90.4 Å². The number of nitrogens with one attached hydrogen (secondary N) is 1. The Morgan fingerprint density at radius 2 is 1.92 bits per heavy atom. The van der Waals surface area contributed by atoms with Crippen molar-refractivity contribution in [1.29, 1.82) is 0 Å². The van der Waals surface area contributed by atoms with E-state index in [0.29, 0.717) is 30.0 Å². The number of sulfonamides is 1. The van der Waals surface area contributed by atoms with E-state index in [-0.39, 0.29) is 11.1 Å². The van der Waals surface area contributed by atoms with Gasteiger partial charge < -0.3 is 9.47 Å². The first kappa shape index (κ1) is 16.5. The van der Waals surface area contributed by atoms with E-state index in [0.717, 1.165) is 37.1 Å². The van der Waals surface area contributed by atoms with E-state index in [1.54, 1.807) is 7.11 Å². The van der Waals surface area contributed by atoms with Crippen LogP contribution < -0.4 is 9.46 Å². The SMILES string of the molecule is COc1ccc(C2CCOCC2)c2ncc(NS(=O)(=O)C3CC3)nc12. The molecule has 8 heteroatoms. The van der Waals surface area contributed by atoms with Crippen LogP contribution in [0.4, 0.5) is 5.82 Å². The molecule has 134 valence electrons. The van der Waals surface area contributed by atoms with Crippen LogP contribution in [0.2, 0.25) is 0 Å². The molecule has 1 aromatic carbocycles. The highest BCUT2D eigenvalue weighted by atomic mass is 32.2. The maximum Gasteiger partial charge on any atom is 0.236 e. The largest absolute Gasteiger partial charge is 0.494 e. The fraction of sp³-hybridized carbons (Fsp3) is 0.529. The van der Waals surface area contributed by atoms with Gasteiger partial charge in [0.2, 0.25) is 10.0 Å². The minimum absolute atomic E-state index is 0.238. The van der Waals surface area contributed by atoms with E-state index in [1.165, 1.54) is 6.20 Å². The van der Waals surface area contributed by atoms with E-state index in [9.17, 15) is 8.42 Å². The highest BCUT2D eigenvalue weighted by Crippen LogP contribution is 2.35. The third kappa shape index (κ3) is 3.28. The number of anilines is 1. The van der Waals surface area contributed by atoms with Gasteiger partial charge in [-0.25, -0.2) is 13.4 Å². The predicted octanol–water partition coefficient (Wildman–Crippen LogP) is 2.44. The highest BCUT2D eigenvalue weighted by molar-refractivity contribution is 7.93. The second-order valence-corrected chi connectivity index (χ2v) is 8.50. The van der Waals surface area contributed by atoms with Crippen molar-refractivity contribution in [3.8, 4) is 5.75 Å². The summed E-state index contributed by atoms with van der Waals surface area (Å²) in [6, 6.07) is 3.90. The fourth-order valence-electron chi connectivity index (χ4n) is 3.25. The molecule has 2 aromatic rings. The number of methoxy groups -OCH3 is 1. The normalized spacial score (nSPS) is 19.1. The van der Waals surface area contributed by atoms with Gasteiger partial charge in [0.1, 0.15) is 11.3 Å². The van der Waals surface area contributed by atoms with Gasteiger partial charge in [-0.05, 0) is 43.2 Å². The maximum absolute atomic E-state index is 12.1. The number of fused-ring (bicyclic) bond motifs is 1. The van der Waals surface area contributed by atoms with Crippen molar-refractivity contribution < 1.29 is 17.9 Å². The van der Waals surface area contributed by atoms with Crippen molar-refractivity contribution in [2.75, 3.05) is 25.0 Å². The van der Waals surface area contributed by atoms with Gasteiger partial charge in [-0.2, -0.15) is 0 Å². The molecule has 0 atom stereocenters. The smallest absolute Gasteiger partial charge is 0.236 e. The third-order valence-corrected chi connectivity index (χ3v) is 6.63. The zero-order valence-corrected chi connectivity index (χ0v) is 14.9. The summed E-state index contributed by atoms with van der Waals surface area (Å²) in [6.45, 7) is 1.48. The van der Waals surface area contributed by atoms with Gasteiger partial charge in [-0.1, -0.05) is 6.07 Å². The molecule has 4 rings (SSSR count). The summed E-state index contributed by atoms with van der Waals surface area (Å²) in [4.78, 5) is 9.01. The summed E-state index contributed by atoms with van der Waals surface area (Å²) in [6.07, 6.45) is 4.78. The Bertz CT molecular complexity index is 890. The van der Waals surface area contributed by atoms with Crippen molar-refractivity contribution in [3.63, 3.8) is 0 Å². The van der Waals surface area contributed by atoms with E-state index in [1.807, 2.05) is 12.1 Å². The predicted molar refractivity (Wildman–Crippen MR) is 94.4 cm³/mol. The van der Waals surface area contributed by atoms with Crippen LogP contribution in [0.15, 0.2) is 18.3 Å². The molecule has 7 nitrogen and oxygen atoms in total. The second-order valence-electron chi connectivity index (χ2n) is 6.54. The highest BCUT2D eigenvalue weighted by Gasteiger charge is 2.36. The Kier molecular flexibility index (Phi) is 4.24. The first-order chi connectivity index (χ1) is 12.1. The molecule has 1 aliphatic carbocycles. The van der Waals surface area contributed by atoms with Crippen LogP contribution in [-0.4, -0.2) is 44.0 Å². The molecule has 0 spiro atoms. The Balaban J connectivity index is 1.74. The minimum atomic E-state index is -3.37. The van der Waals surface area contributed by atoms with Crippen LogP contribution in [-0.2, 0) is 14.8 Å². The zero-order valence-electron chi connectivity index (χ0n) is 14.1. The Labute approximate surface area is 146 Å². The summed E-state index contributed by atoms with van der Waals surface area (Å²) in [5.74, 6) is 1.19. The van der Waals surface area contributed by atoms with Gasteiger partial charge in [-0.3, -0.25) is 9.71 Å². The van der Waals surface area contributed by atoms with Crippen LogP contribution in [0.5, 0.6) is 5.75 Å². The molecule has 0 bridgehead atoms. The molecule has 1 N–H and O–H groups in total. The number of nitrogens with zero attached hydrogens (tertiary/aromatic N) is 2. The quantitative estimate of drug-likeness (QED) is 0.877. The number of rotatable bonds is 5. The molecule has 0 radical (unpaired) electrons. The lowest BCUT2D eigenvalue weighted by molar-refractivity contribution is 0.0855. The number of hydrogen-bond acceptors (Lipinski definition) is 6. The van der Waals surface area contributed by atoms with Crippen molar-refractivity contribution in [2.45, 2.75) is 36.9 Å². The molecule has 1 aliphatic heterocycles. The number of ether oxygens (including phenoxy) is 2. The fourth-order valence-corrected chi connectivity index (χ4v) is 4.57. The number of benzene rings is 1. The van der Waals surface area contributed by atoms with Crippen LogP contribution in [0.1, 0.15) is 37.2 Å². The van der Waals surface area contributed by atoms with Crippen LogP contribution >= 0.6 is 0 Å². The maximum atomic E-state index is 12.1. The molecule has 0 amide bonds. The minimum Gasteiger partial charge on any atom is -0.494 e.